The number of rotatable bonds is 6. The molecular weight excluding hydrogens is 1170 g/mol. The molecule has 0 fully saturated rings. The second kappa shape index (κ2) is 20.0. The minimum atomic E-state index is -5.03. The number of anilines is 8. The number of nitrogens with zero attached hydrogens (tertiary/aromatic N) is 6. The molecule has 17 nitrogen and oxygen atoms in total. The van der Waals surface area contributed by atoms with Crippen LogP contribution in [0.4, 0.5) is 45.5 Å². The molecule has 0 spiro atoms. The predicted molar refractivity (Wildman–Crippen MR) is 326 cm³/mol. The lowest BCUT2D eigenvalue weighted by Crippen LogP contribution is -2.37. The van der Waals surface area contributed by atoms with Crippen molar-refractivity contribution in [1.29, 1.82) is 0 Å². The summed E-state index contributed by atoms with van der Waals surface area (Å²) in [6, 6.07) is 51.9. The zero-order valence-corrected chi connectivity index (χ0v) is 47.7. The molecule has 7 aromatic rings. The molecule has 0 unspecified atom stereocenters. The summed E-state index contributed by atoms with van der Waals surface area (Å²) in [6.07, 6.45) is 12.0. The van der Waals surface area contributed by atoms with E-state index in [1.165, 1.54) is 119 Å². The van der Waals surface area contributed by atoms with Gasteiger partial charge in [-0.15, -0.1) is 0 Å². The molecule has 0 saturated heterocycles. The first-order chi connectivity index (χ1) is 40.4. The third kappa shape index (κ3) is 8.47. The van der Waals surface area contributed by atoms with Crippen molar-refractivity contribution < 1.29 is 47.2 Å². The number of allylic oxidation sites excluding steroid dienone is 10. The lowest BCUT2D eigenvalue weighted by Gasteiger charge is -2.32. The zero-order chi connectivity index (χ0) is 58.3. The van der Waals surface area contributed by atoms with Gasteiger partial charge in [-0.05, 0) is 146 Å². The molecule has 12 bridgehead atoms. The molecule has 7 aliphatic rings. The minimum Gasteiger partial charge on any atom is -0.506 e. The van der Waals surface area contributed by atoms with Crippen LogP contribution < -0.4 is 29.4 Å². The van der Waals surface area contributed by atoms with Gasteiger partial charge >= 0.3 is 0 Å². The number of phenols is 1. The molecule has 7 aliphatic heterocycles. The number of para-hydroxylation sites is 6. The van der Waals surface area contributed by atoms with Gasteiger partial charge in [-0.1, -0.05) is 109 Å². The topological polar surface area (TPSA) is 210 Å². The van der Waals surface area contributed by atoms with Gasteiger partial charge in [0.2, 0.25) is 49.2 Å². The summed E-state index contributed by atoms with van der Waals surface area (Å²) in [4.78, 5) is 6.72. The lowest BCUT2D eigenvalue weighted by atomic mass is 10.2. The van der Waals surface area contributed by atoms with Gasteiger partial charge in [0.15, 0.2) is 0 Å². The highest BCUT2D eigenvalue weighted by Crippen LogP contribution is 2.51. The molecule has 0 aliphatic carbocycles. The van der Waals surface area contributed by atoms with Crippen LogP contribution in [0, 0.1) is 0 Å². The normalized spacial score (nSPS) is 19.8. The fourth-order valence-electron chi connectivity index (χ4n) is 10.6. The molecular formula is C62H44N6O11S5. The molecule has 7 aromatic carbocycles. The van der Waals surface area contributed by atoms with Crippen molar-refractivity contribution in [3.05, 3.63) is 311 Å². The summed E-state index contributed by atoms with van der Waals surface area (Å²) < 4.78 is 157. The first-order valence-electron chi connectivity index (χ1n) is 25.7. The van der Waals surface area contributed by atoms with Crippen molar-refractivity contribution in [1.82, 2.24) is 0 Å². The highest BCUT2D eigenvalue weighted by atomic mass is 32.2. The molecule has 14 rings (SSSR count). The summed E-state index contributed by atoms with van der Waals surface area (Å²) in [5, 5.41) is 6.98. The number of hydrogen-bond donors (Lipinski definition) is 1. The minimum absolute atomic E-state index is 0.0438. The Bertz CT molecular complexity index is 4860. The number of phenolic OH excluding ortho intramolecular Hbond substituents is 1. The molecule has 22 heteroatoms. The number of fused-ring (bicyclic) bond motifs is 2. The highest BCUT2D eigenvalue weighted by molar-refractivity contribution is 8.02. The van der Waals surface area contributed by atoms with E-state index in [1.54, 1.807) is 133 Å². The molecule has 0 amide bonds. The van der Waals surface area contributed by atoms with Crippen molar-refractivity contribution in [2.24, 2.45) is 0 Å². The van der Waals surface area contributed by atoms with Gasteiger partial charge in [-0.25, -0.2) is 42.1 Å². The van der Waals surface area contributed by atoms with E-state index in [0.717, 1.165) is 37.8 Å². The summed E-state index contributed by atoms with van der Waals surface area (Å²) in [7, 11) is -24.7. The first-order valence-corrected chi connectivity index (χ1v) is 33.1. The monoisotopic (exact) mass is 1210 g/mol. The summed E-state index contributed by atoms with van der Waals surface area (Å²) in [5.74, 6) is -0.518. The van der Waals surface area contributed by atoms with E-state index < -0.39 is 100 Å². The maximum Gasteiger partial charge on any atom is 0.238 e. The van der Waals surface area contributed by atoms with Crippen LogP contribution in [-0.2, 0) is 49.2 Å². The number of benzene rings is 7. The first kappa shape index (κ1) is 53.6. The number of sulfone groups is 5. The summed E-state index contributed by atoms with van der Waals surface area (Å²) >= 11 is 0. The zero-order valence-electron chi connectivity index (χ0n) is 43.6. The van der Waals surface area contributed by atoms with E-state index in [2.05, 4.69) is 0 Å². The molecule has 0 radical (unpaired) electrons. The Hall–Kier alpha value is -9.71. The molecule has 84 heavy (non-hydrogen) atoms. The second-order valence-electron chi connectivity index (χ2n) is 19.3. The van der Waals surface area contributed by atoms with E-state index in [0.29, 0.717) is 5.69 Å². The second-order valence-corrected chi connectivity index (χ2v) is 28.5. The molecule has 0 atom stereocenters. The average Bonchev–Trinajstić information content (AvgIpc) is 2.40. The number of aromatic hydroxyl groups is 1. The van der Waals surface area contributed by atoms with Crippen molar-refractivity contribution >= 4 is 94.7 Å². The van der Waals surface area contributed by atoms with Crippen LogP contribution in [0.25, 0.3) is 0 Å². The molecule has 0 aromatic heterocycles. The largest absolute Gasteiger partial charge is 0.506 e. The Kier molecular flexibility index (Phi) is 12.8. The van der Waals surface area contributed by atoms with Gasteiger partial charge in [0.05, 0.1) is 11.4 Å². The van der Waals surface area contributed by atoms with Gasteiger partial charge in [-0.2, -0.15) is 0 Å². The maximum atomic E-state index is 15.7. The Morgan fingerprint density at radius 2 is 0.405 bits per heavy atom. The average molecular weight is 1210 g/mol. The smallest absolute Gasteiger partial charge is 0.238 e. The summed E-state index contributed by atoms with van der Waals surface area (Å²) in [5.41, 5.74) is 0.807. The van der Waals surface area contributed by atoms with Crippen molar-refractivity contribution in [3.8, 4) is 5.75 Å². The van der Waals surface area contributed by atoms with Gasteiger partial charge in [0.25, 0.3) is 0 Å². The van der Waals surface area contributed by atoms with Gasteiger partial charge < -0.3 is 10.0 Å². The van der Waals surface area contributed by atoms with E-state index in [9.17, 15) is 5.11 Å². The van der Waals surface area contributed by atoms with Gasteiger partial charge in [0.1, 0.15) is 56.0 Å². The van der Waals surface area contributed by atoms with Crippen LogP contribution in [0.1, 0.15) is 0 Å². The maximum absolute atomic E-state index is 15.7. The Labute approximate surface area is 485 Å². The third-order valence-corrected chi connectivity index (χ3v) is 23.0. The number of hydrogen-bond acceptors (Lipinski definition) is 17. The SMILES string of the molecule is O=S1(=O)C2=CC=C1N(c1ccccc1)C1=CC=C(N(c3ccccc3)C3=CC=C(N(c4ccccc4)c4ccc(cc4O)N(c4ccccc4)C4=CC=C(N(c5ccccc5)C5=CC=C(N2c2ccccc2)S5(=O)=O)S4(=O)=O)S3(=O)=O)S1(=O)=O. The quantitative estimate of drug-likeness (QED) is 0.164. The van der Waals surface area contributed by atoms with Crippen LogP contribution in [0.2, 0.25) is 0 Å². The fraction of sp³-hybridized carbons (Fsp3) is 0. The van der Waals surface area contributed by atoms with Gasteiger partial charge in [0, 0.05) is 40.2 Å². The molecule has 0 saturated carbocycles. The molecule has 418 valence electrons. The fourth-order valence-corrected chi connectivity index (χ4v) is 18.9. The molecule has 1 N–H and O–H groups in total. The van der Waals surface area contributed by atoms with Crippen molar-refractivity contribution in [3.63, 3.8) is 0 Å². The Morgan fingerprint density at radius 1 is 0.214 bits per heavy atom. The standard InChI is InChI=1S/C62H44N6O11S5/c69-52-43-50-31-32-51(52)64(45-21-9-2-10-22-45)54-34-36-56(81(54,72)73)66(47-25-13-4-14-26-47)58-38-40-60(83(58,76)77)68(49-29-17-6-18-30-49)62-42-41-61(84(62,78)79)67(48-27-15-5-16-28-48)59-39-37-57(82(59,74)75)65(46-23-11-3-12-24-46)55-35-33-53(80(55,70)71)63(50)44-19-7-1-8-20-44/h1-43,69H. The van der Waals surface area contributed by atoms with Gasteiger partial charge in [-0.3, -0.25) is 24.5 Å². The Morgan fingerprint density at radius 3 is 0.631 bits per heavy atom. The summed E-state index contributed by atoms with van der Waals surface area (Å²) in [6.45, 7) is 0. The van der Waals surface area contributed by atoms with Crippen LogP contribution in [0.5, 0.6) is 5.75 Å². The third-order valence-electron chi connectivity index (χ3n) is 14.3. The van der Waals surface area contributed by atoms with E-state index in [-0.39, 0.29) is 44.8 Å². The molecule has 7 heterocycles. The van der Waals surface area contributed by atoms with Crippen molar-refractivity contribution in [2.75, 3.05) is 29.4 Å². The highest BCUT2D eigenvalue weighted by Gasteiger charge is 2.50. The van der Waals surface area contributed by atoms with Crippen LogP contribution >= 0.6 is 0 Å². The van der Waals surface area contributed by atoms with Crippen LogP contribution in [0.15, 0.2) is 311 Å². The predicted octanol–water partition coefficient (Wildman–Crippen LogP) is 11.3. The van der Waals surface area contributed by atoms with E-state index in [4.69, 9.17) is 0 Å². The van der Waals surface area contributed by atoms with Crippen LogP contribution in [0.3, 0.4) is 0 Å². The van der Waals surface area contributed by atoms with Crippen molar-refractivity contribution in [2.45, 2.75) is 0 Å². The Balaban J connectivity index is 1.04. The van der Waals surface area contributed by atoms with Crippen LogP contribution in [-0.4, -0.2) is 47.2 Å². The lowest BCUT2D eigenvalue weighted by molar-refractivity contribution is 0.476. The van der Waals surface area contributed by atoms with E-state index in [1.807, 2.05) is 0 Å². The van der Waals surface area contributed by atoms with E-state index >= 15 is 42.1 Å².